The maximum atomic E-state index is 4.73. The van der Waals surface area contributed by atoms with Crippen molar-refractivity contribution in [2.45, 2.75) is 17.0 Å². The molecule has 2 aromatic carbocycles. The SMILES string of the molecule is Cc1cccc2c1nc(Sc1ccccc1)n2C. The number of para-hydroxylation sites is 1. The lowest BCUT2D eigenvalue weighted by atomic mass is 10.2. The molecule has 90 valence electrons. The van der Waals surface area contributed by atoms with Crippen molar-refractivity contribution in [2.75, 3.05) is 0 Å². The molecule has 3 rings (SSSR count). The van der Waals surface area contributed by atoms with Gasteiger partial charge >= 0.3 is 0 Å². The third-order valence-corrected chi connectivity index (χ3v) is 4.08. The molecule has 1 aromatic heterocycles. The Labute approximate surface area is 111 Å². The van der Waals surface area contributed by atoms with E-state index in [4.69, 9.17) is 4.98 Å². The Morgan fingerprint density at radius 1 is 1.00 bits per heavy atom. The molecule has 18 heavy (non-hydrogen) atoms. The fourth-order valence-electron chi connectivity index (χ4n) is 2.02. The minimum atomic E-state index is 1.03. The van der Waals surface area contributed by atoms with E-state index in [0.29, 0.717) is 0 Å². The molecule has 0 aliphatic carbocycles. The second-order valence-electron chi connectivity index (χ2n) is 4.31. The Balaban J connectivity index is 2.08. The van der Waals surface area contributed by atoms with Gasteiger partial charge in [-0.1, -0.05) is 42.1 Å². The monoisotopic (exact) mass is 254 g/mol. The van der Waals surface area contributed by atoms with Crippen molar-refractivity contribution < 1.29 is 0 Å². The number of aromatic nitrogens is 2. The van der Waals surface area contributed by atoms with E-state index in [-0.39, 0.29) is 0 Å². The Hall–Kier alpha value is -1.74. The van der Waals surface area contributed by atoms with Crippen LogP contribution in [0.1, 0.15) is 5.56 Å². The Morgan fingerprint density at radius 3 is 2.50 bits per heavy atom. The molecule has 0 aliphatic heterocycles. The smallest absolute Gasteiger partial charge is 0.173 e. The maximum absolute atomic E-state index is 4.73. The zero-order chi connectivity index (χ0) is 12.5. The van der Waals surface area contributed by atoms with Gasteiger partial charge in [0.25, 0.3) is 0 Å². The van der Waals surface area contributed by atoms with E-state index >= 15 is 0 Å². The van der Waals surface area contributed by atoms with E-state index in [1.165, 1.54) is 16.0 Å². The highest BCUT2D eigenvalue weighted by atomic mass is 32.2. The van der Waals surface area contributed by atoms with Crippen LogP contribution < -0.4 is 0 Å². The summed E-state index contributed by atoms with van der Waals surface area (Å²) in [5.41, 5.74) is 3.51. The largest absolute Gasteiger partial charge is 0.322 e. The molecular weight excluding hydrogens is 240 g/mol. The minimum absolute atomic E-state index is 1.03. The van der Waals surface area contributed by atoms with Crippen LogP contribution in [0, 0.1) is 6.92 Å². The van der Waals surface area contributed by atoms with Crippen molar-refractivity contribution in [3.63, 3.8) is 0 Å². The molecule has 0 aliphatic rings. The summed E-state index contributed by atoms with van der Waals surface area (Å²) in [4.78, 5) is 5.95. The van der Waals surface area contributed by atoms with Gasteiger partial charge in [-0.2, -0.15) is 0 Å². The Morgan fingerprint density at radius 2 is 1.78 bits per heavy atom. The molecule has 3 aromatic rings. The second-order valence-corrected chi connectivity index (χ2v) is 5.35. The molecule has 0 atom stereocenters. The van der Waals surface area contributed by atoms with E-state index in [1.54, 1.807) is 11.8 Å². The van der Waals surface area contributed by atoms with Crippen LogP contribution in [0.25, 0.3) is 11.0 Å². The van der Waals surface area contributed by atoms with Gasteiger partial charge in [0, 0.05) is 11.9 Å². The molecule has 0 amide bonds. The average molecular weight is 254 g/mol. The molecule has 1 heterocycles. The van der Waals surface area contributed by atoms with Crippen molar-refractivity contribution in [3.05, 3.63) is 54.1 Å². The quantitative estimate of drug-likeness (QED) is 0.687. The summed E-state index contributed by atoms with van der Waals surface area (Å²) in [6.45, 7) is 2.10. The predicted octanol–water partition coefficient (Wildman–Crippen LogP) is 4.03. The van der Waals surface area contributed by atoms with Gasteiger partial charge in [-0.05, 0) is 30.7 Å². The van der Waals surface area contributed by atoms with Crippen molar-refractivity contribution >= 4 is 22.8 Å². The van der Waals surface area contributed by atoms with Crippen LogP contribution in [0.2, 0.25) is 0 Å². The lowest BCUT2D eigenvalue weighted by Crippen LogP contribution is -1.89. The first-order chi connectivity index (χ1) is 8.75. The second kappa shape index (κ2) is 4.50. The van der Waals surface area contributed by atoms with Crippen molar-refractivity contribution in [3.8, 4) is 0 Å². The van der Waals surface area contributed by atoms with Gasteiger partial charge in [-0.15, -0.1) is 0 Å². The van der Waals surface area contributed by atoms with Crippen LogP contribution in [0.15, 0.2) is 58.6 Å². The molecule has 0 spiro atoms. The van der Waals surface area contributed by atoms with E-state index in [2.05, 4.69) is 61.0 Å². The van der Waals surface area contributed by atoms with Gasteiger partial charge < -0.3 is 4.57 Å². The number of hydrogen-bond acceptors (Lipinski definition) is 2. The summed E-state index contributed by atoms with van der Waals surface area (Å²) in [6.07, 6.45) is 0. The molecule has 0 bridgehead atoms. The molecule has 0 saturated carbocycles. The molecule has 0 radical (unpaired) electrons. The first-order valence-electron chi connectivity index (χ1n) is 5.90. The first-order valence-corrected chi connectivity index (χ1v) is 6.72. The molecule has 0 unspecified atom stereocenters. The first kappa shape index (κ1) is 11.4. The van der Waals surface area contributed by atoms with Crippen LogP contribution in [-0.2, 0) is 7.05 Å². The third-order valence-electron chi connectivity index (χ3n) is 3.02. The van der Waals surface area contributed by atoms with E-state index in [9.17, 15) is 0 Å². The van der Waals surface area contributed by atoms with Crippen LogP contribution in [0.3, 0.4) is 0 Å². The molecule has 0 N–H and O–H groups in total. The van der Waals surface area contributed by atoms with Gasteiger partial charge in [0.15, 0.2) is 5.16 Å². The highest BCUT2D eigenvalue weighted by Gasteiger charge is 2.10. The molecule has 2 nitrogen and oxygen atoms in total. The maximum Gasteiger partial charge on any atom is 0.173 e. The fourth-order valence-corrected chi connectivity index (χ4v) is 2.89. The van der Waals surface area contributed by atoms with Crippen molar-refractivity contribution in [1.82, 2.24) is 9.55 Å². The van der Waals surface area contributed by atoms with Gasteiger partial charge in [-0.25, -0.2) is 4.98 Å². The van der Waals surface area contributed by atoms with Gasteiger partial charge in [-0.3, -0.25) is 0 Å². The number of fused-ring (bicyclic) bond motifs is 1. The standard InChI is InChI=1S/C15H14N2S/c1-11-7-6-10-13-14(11)16-15(17(13)2)18-12-8-4-3-5-9-12/h3-10H,1-2H3. The number of imidazole rings is 1. The number of aryl methyl sites for hydroxylation is 2. The number of benzene rings is 2. The van der Waals surface area contributed by atoms with E-state index < -0.39 is 0 Å². The van der Waals surface area contributed by atoms with Crippen LogP contribution in [0.5, 0.6) is 0 Å². The molecule has 0 saturated heterocycles. The van der Waals surface area contributed by atoms with E-state index in [1.807, 2.05) is 6.07 Å². The average Bonchev–Trinajstić information content (AvgIpc) is 2.70. The normalized spacial score (nSPS) is 11.0. The van der Waals surface area contributed by atoms with Crippen LogP contribution in [0.4, 0.5) is 0 Å². The lowest BCUT2D eigenvalue weighted by Gasteiger charge is -2.01. The summed E-state index contributed by atoms with van der Waals surface area (Å²) in [7, 11) is 2.07. The van der Waals surface area contributed by atoms with Crippen LogP contribution in [-0.4, -0.2) is 9.55 Å². The summed E-state index contributed by atoms with van der Waals surface area (Å²) in [5.74, 6) is 0. The molecular formula is C15H14N2S. The summed E-state index contributed by atoms with van der Waals surface area (Å²) >= 11 is 1.70. The Kier molecular flexibility index (Phi) is 2.84. The molecule has 0 fully saturated rings. The third kappa shape index (κ3) is 1.91. The number of nitrogens with zero attached hydrogens (tertiary/aromatic N) is 2. The highest BCUT2D eigenvalue weighted by Crippen LogP contribution is 2.29. The van der Waals surface area contributed by atoms with Gasteiger partial charge in [0.05, 0.1) is 11.0 Å². The summed E-state index contributed by atoms with van der Waals surface area (Å²) in [6, 6.07) is 16.6. The predicted molar refractivity (Wildman–Crippen MR) is 76.0 cm³/mol. The van der Waals surface area contributed by atoms with Gasteiger partial charge in [0.1, 0.15) is 0 Å². The number of hydrogen-bond donors (Lipinski definition) is 0. The summed E-state index contributed by atoms with van der Waals surface area (Å²) in [5, 5.41) is 1.03. The summed E-state index contributed by atoms with van der Waals surface area (Å²) < 4.78 is 2.15. The number of rotatable bonds is 2. The zero-order valence-electron chi connectivity index (χ0n) is 10.4. The van der Waals surface area contributed by atoms with E-state index in [0.717, 1.165) is 10.7 Å². The fraction of sp³-hybridized carbons (Fsp3) is 0.133. The molecule has 3 heteroatoms. The Bertz CT molecular complexity index is 686. The van der Waals surface area contributed by atoms with Crippen molar-refractivity contribution in [2.24, 2.45) is 7.05 Å². The van der Waals surface area contributed by atoms with Crippen molar-refractivity contribution in [1.29, 1.82) is 0 Å². The minimum Gasteiger partial charge on any atom is -0.322 e. The highest BCUT2D eigenvalue weighted by molar-refractivity contribution is 7.99. The zero-order valence-corrected chi connectivity index (χ0v) is 11.2. The topological polar surface area (TPSA) is 17.8 Å². The lowest BCUT2D eigenvalue weighted by molar-refractivity contribution is 0.815. The van der Waals surface area contributed by atoms with Gasteiger partial charge in [0.2, 0.25) is 0 Å². The van der Waals surface area contributed by atoms with Crippen LogP contribution >= 0.6 is 11.8 Å².